The molecule has 6 rings (SSSR count). The summed E-state index contributed by atoms with van der Waals surface area (Å²) >= 11 is 0. The molecule has 2 aromatic rings. The van der Waals surface area contributed by atoms with Gasteiger partial charge in [0.05, 0.1) is 31.2 Å². The van der Waals surface area contributed by atoms with Crippen LogP contribution >= 0.6 is 0 Å². The van der Waals surface area contributed by atoms with Gasteiger partial charge >= 0.3 is 0 Å². The summed E-state index contributed by atoms with van der Waals surface area (Å²) in [5, 5.41) is 10.2. The van der Waals surface area contributed by atoms with E-state index in [9.17, 15) is 14.0 Å². The lowest BCUT2D eigenvalue weighted by Gasteiger charge is -2.40. The van der Waals surface area contributed by atoms with Crippen molar-refractivity contribution in [2.45, 2.75) is 75.2 Å². The molecule has 3 unspecified atom stereocenters. The number of methoxy groups -OCH3 is 1. The van der Waals surface area contributed by atoms with Gasteiger partial charge in [-0.1, -0.05) is 0 Å². The quantitative estimate of drug-likeness (QED) is 0.677. The third-order valence-electron chi connectivity index (χ3n) is 8.10. The zero-order valence-electron chi connectivity index (χ0n) is 19.8. The zero-order valence-corrected chi connectivity index (χ0v) is 19.8. The molecule has 1 spiro atoms. The highest BCUT2D eigenvalue weighted by atomic mass is 19.1. The van der Waals surface area contributed by atoms with Gasteiger partial charge in [0.1, 0.15) is 5.69 Å². The topological polar surface area (TPSA) is 109 Å². The van der Waals surface area contributed by atoms with Crippen molar-refractivity contribution < 1.29 is 23.5 Å². The smallest absolute Gasteiger partial charge is 0.272 e. The maximum absolute atomic E-state index is 14.3. The number of nitrogens with one attached hydrogen (secondary N) is 2. The maximum atomic E-state index is 14.3. The van der Waals surface area contributed by atoms with Gasteiger partial charge in [0.2, 0.25) is 11.8 Å². The molecular weight excluding hydrogens is 453 g/mol. The van der Waals surface area contributed by atoms with Crippen LogP contribution in [0.15, 0.2) is 18.3 Å². The van der Waals surface area contributed by atoms with Crippen LogP contribution in [-0.2, 0) is 9.53 Å². The predicted octanol–water partition coefficient (Wildman–Crippen LogP) is 2.83. The van der Waals surface area contributed by atoms with Gasteiger partial charge in [-0.2, -0.15) is 5.10 Å². The van der Waals surface area contributed by atoms with Gasteiger partial charge in [0.15, 0.2) is 5.82 Å². The number of amides is 2. The summed E-state index contributed by atoms with van der Waals surface area (Å²) in [6.07, 6.45) is 8.72. The van der Waals surface area contributed by atoms with Crippen LogP contribution in [0, 0.1) is 11.7 Å². The minimum atomic E-state index is -0.542. The third-order valence-corrected chi connectivity index (χ3v) is 8.10. The van der Waals surface area contributed by atoms with Crippen molar-refractivity contribution in [2.24, 2.45) is 5.92 Å². The van der Waals surface area contributed by atoms with Crippen LogP contribution in [-0.4, -0.2) is 69.3 Å². The van der Waals surface area contributed by atoms with Crippen LogP contribution < -0.4 is 10.1 Å². The molecular formula is C25H30FN5O4. The molecule has 35 heavy (non-hydrogen) atoms. The fourth-order valence-corrected chi connectivity index (χ4v) is 6.09. The summed E-state index contributed by atoms with van der Waals surface area (Å²) in [4.78, 5) is 32.2. The second kappa shape index (κ2) is 8.58. The second-order valence-corrected chi connectivity index (χ2v) is 10.4. The molecule has 0 radical (unpaired) electrons. The van der Waals surface area contributed by atoms with Gasteiger partial charge in [-0.25, -0.2) is 9.37 Å². The number of fused-ring (bicyclic) bond motifs is 2. The number of nitrogens with zero attached hydrogens (tertiary/aromatic N) is 3. The monoisotopic (exact) mass is 483 g/mol. The Morgan fingerprint density at radius 2 is 2.00 bits per heavy atom. The Morgan fingerprint density at radius 3 is 2.71 bits per heavy atom. The molecule has 1 aliphatic carbocycles. The average molecular weight is 484 g/mol. The number of aromatic amines is 1. The summed E-state index contributed by atoms with van der Waals surface area (Å²) in [5.74, 6) is -0.414. The number of hydrogen-bond acceptors (Lipinski definition) is 6. The molecule has 186 valence electrons. The first-order valence-corrected chi connectivity index (χ1v) is 12.5. The number of carbonyl (C=O) groups excluding carboxylic acids is 2. The van der Waals surface area contributed by atoms with Gasteiger partial charge in [-0.05, 0) is 57.4 Å². The van der Waals surface area contributed by atoms with Crippen molar-refractivity contribution >= 4 is 11.8 Å². The molecule has 4 aliphatic rings. The van der Waals surface area contributed by atoms with Crippen LogP contribution in [0.4, 0.5) is 4.39 Å². The zero-order chi connectivity index (χ0) is 24.2. The van der Waals surface area contributed by atoms with E-state index in [2.05, 4.69) is 20.5 Å². The van der Waals surface area contributed by atoms with Crippen molar-refractivity contribution in [3.63, 3.8) is 0 Å². The molecule has 5 heterocycles. The van der Waals surface area contributed by atoms with Gasteiger partial charge in [0, 0.05) is 35.7 Å². The summed E-state index contributed by atoms with van der Waals surface area (Å²) in [5.41, 5.74) is 0.561. The number of carbonyl (C=O) groups is 2. The molecule has 0 aromatic carbocycles. The molecule has 2 amide bonds. The van der Waals surface area contributed by atoms with Crippen LogP contribution in [0.25, 0.3) is 11.3 Å². The summed E-state index contributed by atoms with van der Waals surface area (Å²) in [6.45, 7) is 0.516. The lowest BCUT2D eigenvalue weighted by Crippen LogP contribution is -2.52. The fourth-order valence-electron chi connectivity index (χ4n) is 6.09. The Bertz CT molecular complexity index is 1140. The molecule has 4 fully saturated rings. The molecule has 2 N–H and O–H groups in total. The lowest BCUT2D eigenvalue weighted by molar-refractivity contribution is -0.129. The normalized spacial score (nSPS) is 28.7. The van der Waals surface area contributed by atoms with E-state index in [-0.39, 0.29) is 53.0 Å². The molecule has 2 aromatic heterocycles. The molecule has 3 aliphatic heterocycles. The van der Waals surface area contributed by atoms with Crippen molar-refractivity contribution in [3.05, 3.63) is 29.8 Å². The average Bonchev–Trinajstić information content (AvgIpc) is 3.28. The van der Waals surface area contributed by atoms with Crippen LogP contribution in [0.2, 0.25) is 0 Å². The molecule has 1 saturated carbocycles. The van der Waals surface area contributed by atoms with E-state index < -0.39 is 5.82 Å². The fraction of sp³-hybridized carbons (Fsp3) is 0.600. The number of ether oxygens (including phenoxy) is 2. The highest BCUT2D eigenvalue weighted by Crippen LogP contribution is 2.50. The molecule has 2 bridgehead atoms. The van der Waals surface area contributed by atoms with E-state index in [0.29, 0.717) is 30.8 Å². The highest BCUT2D eigenvalue weighted by Gasteiger charge is 2.55. The van der Waals surface area contributed by atoms with Gasteiger partial charge in [0.25, 0.3) is 5.91 Å². The van der Waals surface area contributed by atoms with Crippen LogP contribution in [0.3, 0.4) is 0 Å². The van der Waals surface area contributed by atoms with Crippen LogP contribution in [0.5, 0.6) is 5.88 Å². The number of H-pyrrole nitrogens is 1. The molecule has 3 atom stereocenters. The second-order valence-electron chi connectivity index (χ2n) is 10.4. The largest absolute Gasteiger partial charge is 0.481 e. The van der Waals surface area contributed by atoms with Crippen molar-refractivity contribution in [2.75, 3.05) is 13.7 Å². The van der Waals surface area contributed by atoms with Crippen molar-refractivity contribution in [1.29, 1.82) is 0 Å². The van der Waals surface area contributed by atoms with E-state index >= 15 is 0 Å². The van der Waals surface area contributed by atoms with Crippen molar-refractivity contribution in [1.82, 2.24) is 25.4 Å². The Morgan fingerprint density at radius 1 is 1.23 bits per heavy atom. The number of pyridine rings is 1. The SMILES string of the molecule is COc1cc(-c2cc(C(=O)N3CCC(C(=O)NC4CC5CCC(C4)O5)CC34CC4)[nH]n2)c(F)cn1. The minimum absolute atomic E-state index is 0.0854. The van der Waals surface area contributed by atoms with Gasteiger partial charge < -0.3 is 19.7 Å². The number of piperidine rings is 1. The Kier molecular flexibility index (Phi) is 5.51. The van der Waals surface area contributed by atoms with E-state index in [1.807, 2.05) is 4.90 Å². The first-order valence-electron chi connectivity index (χ1n) is 12.5. The number of hydrogen-bond donors (Lipinski definition) is 2. The first-order chi connectivity index (χ1) is 16.9. The van der Waals surface area contributed by atoms with E-state index in [0.717, 1.165) is 44.7 Å². The van der Waals surface area contributed by atoms with Crippen LogP contribution in [0.1, 0.15) is 61.9 Å². The third kappa shape index (κ3) is 4.17. The van der Waals surface area contributed by atoms with Crippen molar-refractivity contribution in [3.8, 4) is 17.1 Å². The van der Waals surface area contributed by atoms with Gasteiger partial charge in [-0.3, -0.25) is 14.7 Å². The lowest BCUT2D eigenvalue weighted by atomic mass is 9.87. The summed E-state index contributed by atoms with van der Waals surface area (Å²) < 4.78 is 25.3. The number of aromatic nitrogens is 3. The molecule has 10 heteroatoms. The number of rotatable bonds is 5. The van der Waals surface area contributed by atoms with E-state index in [4.69, 9.17) is 9.47 Å². The number of likely N-dealkylation sites (tertiary alicyclic amines) is 1. The maximum Gasteiger partial charge on any atom is 0.272 e. The standard InChI is InChI=1S/C25H30FN5O4/c1-34-22-10-18(19(26)13-27-22)20-11-21(30-29-20)24(33)31-7-4-14(12-25(31)5-6-25)23(32)28-15-8-16-2-3-17(9-15)35-16/h10-11,13-17H,2-9,12H2,1H3,(H,28,32)(H,29,30). The predicted molar refractivity (Wildman–Crippen MR) is 123 cm³/mol. The summed E-state index contributed by atoms with van der Waals surface area (Å²) in [7, 11) is 1.45. The molecule has 9 nitrogen and oxygen atoms in total. The number of halogens is 1. The Hall–Kier alpha value is -3.01. The van der Waals surface area contributed by atoms with E-state index in [1.54, 1.807) is 6.07 Å². The van der Waals surface area contributed by atoms with Gasteiger partial charge in [-0.15, -0.1) is 0 Å². The van der Waals surface area contributed by atoms with E-state index in [1.165, 1.54) is 13.2 Å². The minimum Gasteiger partial charge on any atom is -0.481 e. The first kappa shape index (κ1) is 22.5. The highest BCUT2D eigenvalue weighted by molar-refractivity contribution is 5.94. The Balaban J connectivity index is 1.12. The Labute approximate surface area is 202 Å². The summed E-state index contributed by atoms with van der Waals surface area (Å²) in [6, 6.07) is 3.21. The molecule has 3 saturated heterocycles.